The van der Waals surface area contributed by atoms with E-state index in [9.17, 15) is 4.79 Å². The molecule has 0 bridgehead atoms. The molecule has 0 aliphatic heterocycles. The van der Waals surface area contributed by atoms with Crippen LogP contribution in [-0.4, -0.2) is 16.8 Å². The summed E-state index contributed by atoms with van der Waals surface area (Å²) in [6.45, 7) is 2.71. The molecule has 0 N–H and O–H groups in total. The predicted octanol–water partition coefficient (Wildman–Crippen LogP) is 4.56. The molecule has 0 atom stereocenters. The zero-order chi connectivity index (χ0) is 14.8. The Balaban J connectivity index is 1.83. The Labute approximate surface area is 133 Å². The molecule has 1 saturated carbocycles. The second-order valence-electron chi connectivity index (χ2n) is 5.61. The molecule has 108 valence electrons. The van der Waals surface area contributed by atoms with E-state index < -0.39 is 0 Å². The van der Waals surface area contributed by atoms with E-state index >= 15 is 0 Å². The van der Waals surface area contributed by atoms with Gasteiger partial charge >= 0.3 is 0 Å². The largest absolute Gasteiger partial charge is 0.331 e. The van der Waals surface area contributed by atoms with Gasteiger partial charge < -0.3 is 4.90 Å². The van der Waals surface area contributed by atoms with Crippen molar-refractivity contribution in [1.29, 1.82) is 0 Å². The van der Waals surface area contributed by atoms with Crippen molar-refractivity contribution in [3.05, 3.63) is 69.7 Å². The SMILES string of the molecule is Cc1cc(C(=O)N(Cc2ccccc2)C2CC2)ccc1Br. The summed E-state index contributed by atoms with van der Waals surface area (Å²) in [5, 5.41) is 0. The lowest BCUT2D eigenvalue weighted by Crippen LogP contribution is -2.32. The number of hydrogen-bond donors (Lipinski definition) is 0. The molecule has 2 aromatic rings. The van der Waals surface area contributed by atoms with Crippen molar-refractivity contribution >= 4 is 21.8 Å². The minimum Gasteiger partial charge on any atom is -0.331 e. The summed E-state index contributed by atoms with van der Waals surface area (Å²) < 4.78 is 1.04. The molecule has 1 fully saturated rings. The van der Waals surface area contributed by atoms with E-state index in [2.05, 4.69) is 28.1 Å². The number of carbonyl (C=O) groups excluding carboxylic acids is 1. The lowest BCUT2D eigenvalue weighted by Gasteiger charge is -2.23. The summed E-state index contributed by atoms with van der Waals surface area (Å²) in [6.07, 6.45) is 2.24. The van der Waals surface area contributed by atoms with Gasteiger partial charge in [-0.05, 0) is 49.1 Å². The molecule has 2 aromatic carbocycles. The lowest BCUT2D eigenvalue weighted by atomic mass is 10.1. The van der Waals surface area contributed by atoms with Gasteiger partial charge in [-0.15, -0.1) is 0 Å². The number of hydrogen-bond acceptors (Lipinski definition) is 1. The molecular formula is C18H18BrNO. The van der Waals surface area contributed by atoms with Crippen LogP contribution in [0.2, 0.25) is 0 Å². The van der Waals surface area contributed by atoms with Crippen LogP contribution in [0.3, 0.4) is 0 Å². The number of aryl methyl sites for hydroxylation is 1. The topological polar surface area (TPSA) is 20.3 Å². The van der Waals surface area contributed by atoms with Crippen molar-refractivity contribution in [3.63, 3.8) is 0 Å². The van der Waals surface area contributed by atoms with E-state index in [0.717, 1.165) is 28.4 Å². The third-order valence-corrected chi connectivity index (χ3v) is 4.74. The number of carbonyl (C=O) groups is 1. The van der Waals surface area contributed by atoms with Gasteiger partial charge in [0.05, 0.1) is 0 Å². The number of rotatable bonds is 4. The molecule has 1 aliphatic rings. The number of nitrogens with zero attached hydrogens (tertiary/aromatic N) is 1. The zero-order valence-electron chi connectivity index (χ0n) is 12.1. The third kappa shape index (κ3) is 3.35. The van der Waals surface area contributed by atoms with E-state index in [4.69, 9.17) is 0 Å². The highest BCUT2D eigenvalue weighted by atomic mass is 79.9. The molecule has 0 saturated heterocycles. The Kier molecular flexibility index (Phi) is 4.11. The van der Waals surface area contributed by atoms with Crippen molar-refractivity contribution in [2.75, 3.05) is 0 Å². The first kappa shape index (κ1) is 14.3. The first-order chi connectivity index (χ1) is 10.1. The van der Waals surface area contributed by atoms with E-state index in [1.807, 2.05) is 48.2 Å². The zero-order valence-corrected chi connectivity index (χ0v) is 13.6. The molecule has 0 radical (unpaired) electrons. The Morgan fingerprint density at radius 2 is 1.90 bits per heavy atom. The standard InChI is InChI=1S/C18H18BrNO/c1-13-11-15(7-10-17(13)19)18(21)20(16-8-9-16)12-14-5-3-2-4-6-14/h2-7,10-11,16H,8-9,12H2,1H3. The van der Waals surface area contributed by atoms with Crippen LogP contribution in [0.1, 0.15) is 34.3 Å². The molecule has 0 unspecified atom stereocenters. The summed E-state index contributed by atoms with van der Waals surface area (Å²) >= 11 is 3.49. The van der Waals surface area contributed by atoms with Crippen molar-refractivity contribution in [1.82, 2.24) is 4.90 Å². The van der Waals surface area contributed by atoms with Crippen LogP contribution in [0.4, 0.5) is 0 Å². The average Bonchev–Trinajstić information content (AvgIpc) is 3.33. The van der Waals surface area contributed by atoms with Crippen molar-refractivity contribution in [2.24, 2.45) is 0 Å². The molecule has 3 heteroatoms. The minimum atomic E-state index is 0.136. The second-order valence-corrected chi connectivity index (χ2v) is 6.47. The third-order valence-electron chi connectivity index (χ3n) is 3.85. The summed E-state index contributed by atoms with van der Waals surface area (Å²) in [6, 6.07) is 16.4. The van der Waals surface area contributed by atoms with Gasteiger partial charge in [0.15, 0.2) is 0 Å². The van der Waals surface area contributed by atoms with Crippen LogP contribution in [0.5, 0.6) is 0 Å². The van der Waals surface area contributed by atoms with Crippen LogP contribution in [0, 0.1) is 6.92 Å². The normalized spacial score (nSPS) is 14.0. The fraction of sp³-hybridized carbons (Fsp3) is 0.278. The van der Waals surface area contributed by atoms with Crippen LogP contribution in [0.25, 0.3) is 0 Å². The molecule has 21 heavy (non-hydrogen) atoms. The molecule has 3 rings (SSSR count). The maximum Gasteiger partial charge on any atom is 0.254 e. The molecule has 0 heterocycles. The Hall–Kier alpha value is -1.61. The van der Waals surface area contributed by atoms with Gasteiger partial charge in [-0.2, -0.15) is 0 Å². The van der Waals surface area contributed by atoms with Crippen molar-refractivity contribution < 1.29 is 4.79 Å². The Morgan fingerprint density at radius 3 is 2.52 bits per heavy atom. The Bertz CT molecular complexity index is 650. The summed E-state index contributed by atoms with van der Waals surface area (Å²) in [5.74, 6) is 0.136. The summed E-state index contributed by atoms with van der Waals surface area (Å²) in [7, 11) is 0. The maximum absolute atomic E-state index is 12.8. The smallest absolute Gasteiger partial charge is 0.254 e. The Morgan fingerprint density at radius 1 is 1.19 bits per heavy atom. The highest BCUT2D eigenvalue weighted by Crippen LogP contribution is 2.30. The van der Waals surface area contributed by atoms with Gasteiger partial charge in [-0.3, -0.25) is 4.79 Å². The minimum absolute atomic E-state index is 0.136. The van der Waals surface area contributed by atoms with Gasteiger partial charge in [0.1, 0.15) is 0 Å². The van der Waals surface area contributed by atoms with E-state index in [0.29, 0.717) is 12.6 Å². The summed E-state index contributed by atoms with van der Waals surface area (Å²) in [4.78, 5) is 14.8. The highest BCUT2D eigenvalue weighted by molar-refractivity contribution is 9.10. The van der Waals surface area contributed by atoms with E-state index in [-0.39, 0.29) is 5.91 Å². The molecule has 1 aliphatic carbocycles. The molecule has 2 nitrogen and oxygen atoms in total. The fourth-order valence-corrected chi connectivity index (χ4v) is 2.72. The van der Waals surface area contributed by atoms with Gasteiger partial charge in [0, 0.05) is 22.6 Å². The van der Waals surface area contributed by atoms with E-state index in [1.165, 1.54) is 5.56 Å². The van der Waals surface area contributed by atoms with Crippen LogP contribution >= 0.6 is 15.9 Å². The fourth-order valence-electron chi connectivity index (χ4n) is 2.48. The molecular weight excluding hydrogens is 326 g/mol. The van der Waals surface area contributed by atoms with Gasteiger partial charge in [0.25, 0.3) is 5.91 Å². The first-order valence-corrected chi connectivity index (χ1v) is 8.05. The molecule has 1 amide bonds. The second kappa shape index (κ2) is 6.02. The van der Waals surface area contributed by atoms with Gasteiger partial charge in [-0.25, -0.2) is 0 Å². The first-order valence-electron chi connectivity index (χ1n) is 7.26. The number of amides is 1. The maximum atomic E-state index is 12.8. The van der Waals surface area contributed by atoms with Crippen LogP contribution < -0.4 is 0 Å². The lowest BCUT2D eigenvalue weighted by molar-refractivity contribution is 0.0730. The highest BCUT2D eigenvalue weighted by Gasteiger charge is 2.33. The monoisotopic (exact) mass is 343 g/mol. The number of halogens is 1. The average molecular weight is 344 g/mol. The molecule has 0 aromatic heterocycles. The summed E-state index contributed by atoms with van der Waals surface area (Å²) in [5.41, 5.74) is 3.06. The van der Waals surface area contributed by atoms with Gasteiger partial charge in [0.2, 0.25) is 0 Å². The number of benzene rings is 2. The molecule has 0 spiro atoms. The van der Waals surface area contributed by atoms with E-state index in [1.54, 1.807) is 0 Å². The quantitative estimate of drug-likeness (QED) is 0.796. The predicted molar refractivity (Wildman–Crippen MR) is 88.2 cm³/mol. The van der Waals surface area contributed by atoms with Crippen molar-refractivity contribution in [2.45, 2.75) is 32.4 Å². The van der Waals surface area contributed by atoms with Crippen LogP contribution in [-0.2, 0) is 6.54 Å². The van der Waals surface area contributed by atoms with Gasteiger partial charge in [-0.1, -0.05) is 46.3 Å². The van der Waals surface area contributed by atoms with Crippen molar-refractivity contribution in [3.8, 4) is 0 Å². The van der Waals surface area contributed by atoms with Crippen LogP contribution in [0.15, 0.2) is 53.0 Å².